The van der Waals surface area contributed by atoms with Gasteiger partial charge in [-0.2, -0.15) is 0 Å². The van der Waals surface area contributed by atoms with Crippen molar-refractivity contribution in [1.82, 2.24) is 15.0 Å². The van der Waals surface area contributed by atoms with Crippen LogP contribution in [0.1, 0.15) is 30.1 Å². The lowest BCUT2D eigenvalue weighted by molar-refractivity contribution is 0.0948. The minimum absolute atomic E-state index is 0.212. The van der Waals surface area contributed by atoms with Gasteiger partial charge in [0.25, 0.3) is 5.91 Å². The first-order valence-corrected chi connectivity index (χ1v) is 10.2. The van der Waals surface area contributed by atoms with E-state index in [2.05, 4.69) is 44.8 Å². The van der Waals surface area contributed by atoms with Crippen molar-refractivity contribution in [2.45, 2.75) is 20.8 Å². The van der Waals surface area contributed by atoms with Gasteiger partial charge in [0.1, 0.15) is 0 Å². The molecule has 0 saturated carbocycles. The summed E-state index contributed by atoms with van der Waals surface area (Å²) in [6.45, 7) is 9.22. The van der Waals surface area contributed by atoms with Crippen molar-refractivity contribution in [2.24, 2.45) is 0 Å². The lowest BCUT2D eigenvalue weighted by Gasteiger charge is -2.23. The standard InChI is InChI=1S/C18H21BrN4O2S/c1-4-22(5-2)8-9-23(17(24)15-10-12(3)21-25-15)18-20-14-7-6-13(19)11-16(14)26-18/h6-7,10-11H,4-5,8-9H2,1-3H3. The zero-order valence-electron chi connectivity index (χ0n) is 15.0. The number of carbonyl (C=O) groups is 1. The molecule has 0 saturated heterocycles. The monoisotopic (exact) mass is 436 g/mol. The molecule has 0 aliphatic heterocycles. The quantitative estimate of drug-likeness (QED) is 0.550. The van der Waals surface area contributed by atoms with E-state index in [-0.39, 0.29) is 11.7 Å². The van der Waals surface area contributed by atoms with Crippen molar-refractivity contribution >= 4 is 48.5 Å². The Bertz CT molecular complexity index is 904. The van der Waals surface area contributed by atoms with E-state index in [1.54, 1.807) is 17.9 Å². The van der Waals surface area contributed by atoms with Crippen LogP contribution in [0.15, 0.2) is 33.3 Å². The SMILES string of the molecule is CCN(CC)CCN(C(=O)c1cc(C)no1)c1nc2ccc(Br)cc2s1. The van der Waals surface area contributed by atoms with Crippen molar-refractivity contribution in [3.05, 3.63) is 40.2 Å². The Balaban J connectivity index is 1.93. The third kappa shape index (κ3) is 4.13. The van der Waals surface area contributed by atoms with E-state index in [1.165, 1.54) is 11.3 Å². The molecule has 6 nitrogen and oxygen atoms in total. The summed E-state index contributed by atoms with van der Waals surface area (Å²) in [6.07, 6.45) is 0. The van der Waals surface area contributed by atoms with E-state index in [1.807, 2.05) is 18.2 Å². The number of anilines is 1. The van der Waals surface area contributed by atoms with E-state index >= 15 is 0 Å². The highest BCUT2D eigenvalue weighted by atomic mass is 79.9. The Morgan fingerprint density at radius 2 is 2.00 bits per heavy atom. The van der Waals surface area contributed by atoms with Crippen molar-refractivity contribution in [3.8, 4) is 0 Å². The van der Waals surface area contributed by atoms with Gasteiger partial charge in [-0.3, -0.25) is 9.69 Å². The molecule has 0 aliphatic rings. The highest BCUT2D eigenvalue weighted by molar-refractivity contribution is 9.10. The molecule has 26 heavy (non-hydrogen) atoms. The Labute approximate surface area is 164 Å². The second-order valence-electron chi connectivity index (χ2n) is 5.92. The minimum atomic E-state index is -0.212. The van der Waals surface area contributed by atoms with Gasteiger partial charge in [0, 0.05) is 23.6 Å². The van der Waals surface area contributed by atoms with Crippen LogP contribution in [0.2, 0.25) is 0 Å². The van der Waals surface area contributed by atoms with Gasteiger partial charge in [0.15, 0.2) is 5.13 Å². The number of likely N-dealkylation sites (N-methyl/N-ethyl adjacent to an activating group) is 1. The molecular formula is C18H21BrN4O2S. The fraction of sp³-hybridized carbons (Fsp3) is 0.389. The van der Waals surface area contributed by atoms with Gasteiger partial charge >= 0.3 is 0 Å². The number of halogens is 1. The molecule has 8 heteroatoms. The number of amides is 1. The molecular weight excluding hydrogens is 416 g/mol. The van der Waals surface area contributed by atoms with Crippen LogP contribution in [-0.2, 0) is 0 Å². The molecule has 0 aliphatic carbocycles. The van der Waals surface area contributed by atoms with Crippen LogP contribution in [0.25, 0.3) is 10.2 Å². The average Bonchev–Trinajstić information content (AvgIpc) is 3.24. The molecule has 0 spiro atoms. The molecule has 0 fully saturated rings. The van der Waals surface area contributed by atoms with E-state index in [4.69, 9.17) is 4.52 Å². The first kappa shape index (κ1) is 19.0. The number of benzene rings is 1. The minimum Gasteiger partial charge on any atom is -0.351 e. The molecule has 3 rings (SSSR count). The van der Waals surface area contributed by atoms with Crippen molar-refractivity contribution < 1.29 is 9.32 Å². The summed E-state index contributed by atoms with van der Waals surface area (Å²) in [4.78, 5) is 21.6. The van der Waals surface area contributed by atoms with E-state index in [0.29, 0.717) is 17.4 Å². The molecule has 3 aromatic rings. The van der Waals surface area contributed by atoms with Gasteiger partial charge in [-0.1, -0.05) is 46.3 Å². The molecule has 0 atom stereocenters. The summed E-state index contributed by atoms with van der Waals surface area (Å²) >= 11 is 4.98. The van der Waals surface area contributed by atoms with Gasteiger partial charge in [-0.15, -0.1) is 0 Å². The summed E-state index contributed by atoms with van der Waals surface area (Å²) in [6, 6.07) is 7.58. The van der Waals surface area contributed by atoms with Crippen LogP contribution < -0.4 is 4.90 Å². The molecule has 1 aromatic carbocycles. The number of carbonyl (C=O) groups excluding carboxylic acids is 1. The van der Waals surface area contributed by atoms with Crippen molar-refractivity contribution in [1.29, 1.82) is 0 Å². The van der Waals surface area contributed by atoms with Crippen LogP contribution in [0.5, 0.6) is 0 Å². The molecule has 0 radical (unpaired) electrons. The van der Waals surface area contributed by atoms with Crippen LogP contribution in [0, 0.1) is 6.92 Å². The van der Waals surface area contributed by atoms with Gasteiger partial charge in [0.05, 0.1) is 15.9 Å². The number of hydrogen-bond donors (Lipinski definition) is 0. The number of aromatic nitrogens is 2. The van der Waals surface area contributed by atoms with Crippen LogP contribution in [0.4, 0.5) is 5.13 Å². The van der Waals surface area contributed by atoms with Gasteiger partial charge in [-0.05, 0) is 38.2 Å². The Morgan fingerprint density at radius 1 is 1.23 bits per heavy atom. The maximum absolute atomic E-state index is 13.0. The predicted octanol–water partition coefficient (Wildman–Crippen LogP) is 4.34. The maximum Gasteiger partial charge on any atom is 0.298 e. The van der Waals surface area contributed by atoms with Gasteiger partial charge < -0.3 is 9.42 Å². The third-order valence-electron chi connectivity index (χ3n) is 4.19. The van der Waals surface area contributed by atoms with Gasteiger partial charge in [0.2, 0.25) is 5.76 Å². The average molecular weight is 437 g/mol. The first-order chi connectivity index (χ1) is 12.5. The molecule has 1 amide bonds. The normalized spacial score (nSPS) is 11.4. The molecule has 0 N–H and O–H groups in total. The van der Waals surface area contributed by atoms with Gasteiger partial charge in [-0.25, -0.2) is 4.98 Å². The first-order valence-electron chi connectivity index (χ1n) is 8.55. The number of nitrogens with zero attached hydrogens (tertiary/aromatic N) is 4. The van der Waals surface area contributed by atoms with Crippen molar-refractivity contribution in [2.75, 3.05) is 31.1 Å². The zero-order chi connectivity index (χ0) is 18.7. The summed E-state index contributed by atoms with van der Waals surface area (Å²) in [7, 11) is 0. The number of fused-ring (bicyclic) bond motifs is 1. The highest BCUT2D eigenvalue weighted by Gasteiger charge is 2.25. The predicted molar refractivity (Wildman–Crippen MR) is 108 cm³/mol. The maximum atomic E-state index is 13.0. The summed E-state index contributed by atoms with van der Waals surface area (Å²) in [5.74, 6) is 0.0263. The molecule has 138 valence electrons. The smallest absolute Gasteiger partial charge is 0.298 e. The Morgan fingerprint density at radius 3 is 2.65 bits per heavy atom. The number of hydrogen-bond acceptors (Lipinski definition) is 6. The number of thiazole rings is 1. The van der Waals surface area contributed by atoms with Crippen LogP contribution >= 0.6 is 27.3 Å². The molecule has 2 heterocycles. The topological polar surface area (TPSA) is 62.5 Å². The van der Waals surface area contributed by atoms with Crippen LogP contribution in [-0.4, -0.2) is 47.1 Å². The Kier molecular flexibility index (Phi) is 6.05. The van der Waals surface area contributed by atoms with E-state index < -0.39 is 0 Å². The van der Waals surface area contributed by atoms with Crippen LogP contribution in [0.3, 0.4) is 0 Å². The van der Waals surface area contributed by atoms with E-state index in [0.717, 1.165) is 34.3 Å². The zero-order valence-corrected chi connectivity index (χ0v) is 17.4. The van der Waals surface area contributed by atoms with E-state index in [9.17, 15) is 4.79 Å². The molecule has 2 aromatic heterocycles. The largest absolute Gasteiger partial charge is 0.351 e. The fourth-order valence-corrected chi connectivity index (χ4v) is 4.21. The van der Waals surface area contributed by atoms with Crippen molar-refractivity contribution in [3.63, 3.8) is 0 Å². The molecule has 0 bridgehead atoms. The summed E-state index contributed by atoms with van der Waals surface area (Å²) in [5.41, 5.74) is 1.56. The highest BCUT2D eigenvalue weighted by Crippen LogP contribution is 2.31. The second kappa shape index (κ2) is 8.28. The summed E-state index contributed by atoms with van der Waals surface area (Å²) < 4.78 is 7.22. The lowest BCUT2D eigenvalue weighted by Crippen LogP contribution is -2.38. The number of rotatable bonds is 7. The third-order valence-corrected chi connectivity index (χ3v) is 5.72. The lowest BCUT2D eigenvalue weighted by atomic mass is 10.3. The fourth-order valence-electron chi connectivity index (χ4n) is 2.66. The Hall–Kier alpha value is -1.77. The summed E-state index contributed by atoms with van der Waals surface area (Å²) in [5, 5.41) is 4.51. The second-order valence-corrected chi connectivity index (χ2v) is 7.85. The molecule has 0 unspecified atom stereocenters. The number of aryl methyl sites for hydroxylation is 1.